The van der Waals surface area contributed by atoms with Gasteiger partial charge in [0.25, 0.3) is 0 Å². The second-order valence-electron chi connectivity index (χ2n) is 7.61. The number of hydrogen-bond acceptors (Lipinski definition) is 9. The average Bonchev–Trinajstić information content (AvgIpc) is 2.87. The van der Waals surface area contributed by atoms with Gasteiger partial charge in [0.15, 0.2) is 0 Å². The predicted octanol–water partition coefficient (Wildman–Crippen LogP) is 2.20. The molecule has 0 aliphatic rings. The molecule has 0 fully saturated rings. The number of aliphatic imine (C=N–C) groups is 1. The molecule has 3 rings (SSSR count). The number of hydrogen-bond donors (Lipinski definition) is 4. The molecule has 0 unspecified atom stereocenters. The molecule has 11 heteroatoms. The zero-order valence-electron chi connectivity index (χ0n) is 19.4. The summed E-state index contributed by atoms with van der Waals surface area (Å²) in [5.41, 5.74) is 13.1. The highest BCUT2D eigenvalue weighted by Crippen LogP contribution is 2.28. The van der Waals surface area contributed by atoms with Gasteiger partial charge in [0, 0.05) is 36.2 Å². The quantitative estimate of drug-likeness (QED) is 0.188. The second-order valence-corrected chi connectivity index (χ2v) is 7.61. The van der Waals surface area contributed by atoms with E-state index in [2.05, 4.69) is 15.0 Å². The van der Waals surface area contributed by atoms with Crippen LogP contribution in [0, 0.1) is 24.1 Å². The van der Waals surface area contributed by atoms with Crippen molar-refractivity contribution in [3.8, 4) is 23.3 Å². The molecule has 2 aromatic carbocycles. The van der Waals surface area contributed by atoms with E-state index in [0.29, 0.717) is 17.1 Å². The molecular weight excluding hydrogens is 467 g/mol. The number of aromatic nitrogens is 2. The highest BCUT2D eigenvalue weighted by atomic mass is 19.1. The number of halogens is 1. The maximum absolute atomic E-state index is 14.1. The highest BCUT2D eigenvalue weighted by molar-refractivity contribution is 6.07. The fourth-order valence-corrected chi connectivity index (χ4v) is 2.98. The van der Waals surface area contributed by atoms with Crippen molar-refractivity contribution in [1.29, 1.82) is 5.26 Å². The molecule has 0 amide bonds. The lowest BCUT2D eigenvalue weighted by Gasteiger charge is -2.11. The first-order valence-corrected chi connectivity index (χ1v) is 10.8. The lowest BCUT2D eigenvalue weighted by molar-refractivity contribution is 0.195. The van der Waals surface area contributed by atoms with Gasteiger partial charge in [-0.15, -0.1) is 0 Å². The summed E-state index contributed by atoms with van der Waals surface area (Å²) in [6, 6.07) is 11.4. The summed E-state index contributed by atoms with van der Waals surface area (Å²) in [5.74, 6) is 0.773. The summed E-state index contributed by atoms with van der Waals surface area (Å²) in [5, 5.41) is 27.8. The summed E-state index contributed by atoms with van der Waals surface area (Å²) in [6.45, 7) is 1.06. The maximum atomic E-state index is 14.1. The van der Waals surface area contributed by atoms with Crippen LogP contribution in [-0.2, 0) is 6.61 Å². The van der Waals surface area contributed by atoms with Crippen LogP contribution in [0.4, 0.5) is 4.39 Å². The topological polar surface area (TPSA) is 173 Å². The van der Waals surface area contributed by atoms with Gasteiger partial charge >= 0.3 is 0 Å². The van der Waals surface area contributed by atoms with E-state index in [-0.39, 0.29) is 35.2 Å². The van der Waals surface area contributed by atoms with Crippen LogP contribution in [0.25, 0.3) is 5.70 Å². The Hall–Kier alpha value is -4.53. The summed E-state index contributed by atoms with van der Waals surface area (Å²) in [4.78, 5) is 12.1. The molecule has 36 heavy (non-hydrogen) atoms. The fourth-order valence-electron chi connectivity index (χ4n) is 2.98. The van der Waals surface area contributed by atoms with Crippen molar-refractivity contribution in [1.82, 2.24) is 9.97 Å². The summed E-state index contributed by atoms with van der Waals surface area (Å²) in [6.07, 6.45) is 3.27. The Bertz CT molecular complexity index is 1280. The van der Waals surface area contributed by atoms with Crippen molar-refractivity contribution in [2.75, 3.05) is 13.2 Å². The van der Waals surface area contributed by atoms with Gasteiger partial charge in [0.2, 0.25) is 0 Å². The number of nitrogens with zero attached hydrogens (tertiary/aromatic N) is 4. The van der Waals surface area contributed by atoms with E-state index in [1.54, 1.807) is 49.6 Å². The third kappa shape index (κ3) is 6.99. The van der Waals surface area contributed by atoms with Crippen LogP contribution >= 0.6 is 0 Å². The molecule has 0 bridgehead atoms. The summed E-state index contributed by atoms with van der Waals surface area (Å²) < 4.78 is 25.5. The van der Waals surface area contributed by atoms with Crippen LogP contribution in [0.2, 0.25) is 0 Å². The molecule has 1 aromatic heterocycles. The molecule has 0 radical (unpaired) electrons. The van der Waals surface area contributed by atoms with Gasteiger partial charge in [-0.25, -0.2) is 14.4 Å². The molecule has 186 valence electrons. The summed E-state index contributed by atoms with van der Waals surface area (Å²) >= 11 is 0. The van der Waals surface area contributed by atoms with Gasteiger partial charge in [-0.1, -0.05) is 0 Å². The van der Waals surface area contributed by atoms with Crippen molar-refractivity contribution in [3.63, 3.8) is 0 Å². The van der Waals surface area contributed by atoms with Gasteiger partial charge in [-0.2, -0.15) is 5.26 Å². The predicted molar refractivity (Wildman–Crippen MR) is 130 cm³/mol. The van der Waals surface area contributed by atoms with E-state index >= 15 is 0 Å². The van der Waals surface area contributed by atoms with Gasteiger partial charge in [-0.05, 0) is 36.8 Å². The Labute approximate surface area is 207 Å². The van der Waals surface area contributed by atoms with E-state index in [0.717, 1.165) is 5.56 Å². The molecular formula is C25H25FN6O4. The van der Waals surface area contributed by atoms with E-state index in [9.17, 15) is 9.65 Å². The number of nitrogens with two attached hydrogens (primary N) is 2. The molecule has 6 N–H and O–H groups in total. The third-order valence-corrected chi connectivity index (χ3v) is 4.87. The molecule has 0 aliphatic heterocycles. The second kappa shape index (κ2) is 12.3. The lowest BCUT2D eigenvalue weighted by Crippen LogP contribution is -2.24. The normalized spacial score (nSPS) is 12.2. The Morgan fingerprint density at radius 1 is 1.06 bits per heavy atom. The zero-order chi connectivity index (χ0) is 26.1. The van der Waals surface area contributed by atoms with E-state index in [1.807, 2.05) is 6.07 Å². The van der Waals surface area contributed by atoms with Crippen LogP contribution < -0.4 is 20.9 Å². The molecule has 3 aromatic rings. The van der Waals surface area contributed by atoms with Crippen LogP contribution in [0.15, 0.2) is 65.4 Å². The zero-order valence-corrected chi connectivity index (χ0v) is 19.4. The molecule has 1 heterocycles. The number of amidine groups is 1. The minimum atomic E-state index is -0.859. The first-order chi connectivity index (χ1) is 17.3. The third-order valence-electron chi connectivity index (χ3n) is 4.87. The Balaban J connectivity index is 1.74. The first kappa shape index (κ1) is 26.1. The van der Waals surface area contributed by atoms with Crippen LogP contribution in [0.1, 0.15) is 17.0 Å². The van der Waals surface area contributed by atoms with Crippen molar-refractivity contribution in [2.24, 2.45) is 16.5 Å². The SMILES string of the molecule is Cc1ncc(COc2cc(F)cc(Oc3ccc(/C(N)=C(\C#N)C(N)=NC(CO)CO)cc3)c2)cn1. The van der Waals surface area contributed by atoms with Crippen LogP contribution in [-0.4, -0.2) is 45.3 Å². The number of ether oxygens (including phenoxy) is 2. The largest absolute Gasteiger partial charge is 0.489 e. The monoisotopic (exact) mass is 492 g/mol. The number of nitriles is 1. The smallest absolute Gasteiger partial charge is 0.139 e. The average molecular weight is 493 g/mol. The molecule has 0 atom stereocenters. The molecule has 0 saturated carbocycles. The van der Waals surface area contributed by atoms with Crippen LogP contribution in [0.3, 0.4) is 0 Å². The maximum Gasteiger partial charge on any atom is 0.139 e. The number of rotatable bonds is 10. The highest BCUT2D eigenvalue weighted by Gasteiger charge is 2.13. The fraction of sp³-hybridized carbons (Fsp3) is 0.200. The van der Waals surface area contributed by atoms with Crippen molar-refractivity contribution in [3.05, 3.63) is 83.2 Å². The van der Waals surface area contributed by atoms with E-state index in [1.165, 1.54) is 12.1 Å². The molecule has 0 saturated heterocycles. The van der Waals surface area contributed by atoms with E-state index in [4.69, 9.17) is 31.2 Å². The van der Waals surface area contributed by atoms with Crippen molar-refractivity contribution < 1.29 is 24.1 Å². The Morgan fingerprint density at radius 2 is 1.69 bits per heavy atom. The van der Waals surface area contributed by atoms with Gasteiger partial charge < -0.3 is 31.2 Å². The standard InChI is InChI=1S/C25H25FN6O4/c1-15-30-10-16(11-31-15)14-35-21-6-18(26)7-22(8-21)36-20-4-2-17(3-5-20)24(28)23(9-27)25(29)32-19(12-33)13-34/h2-8,10-11,19,33-34H,12-14,28H2,1H3,(H2,29,32)/b24-23-. The lowest BCUT2D eigenvalue weighted by atomic mass is 10.1. The van der Waals surface area contributed by atoms with Gasteiger partial charge in [0.1, 0.15) is 53.0 Å². The van der Waals surface area contributed by atoms with Crippen molar-refractivity contribution in [2.45, 2.75) is 19.6 Å². The molecule has 0 aliphatic carbocycles. The number of aliphatic hydroxyl groups excluding tert-OH is 2. The Morgan fingerprint density at radius 3 is 2.31 bits per heavy atom. The minimum Gasteiger partial charge on any atom is -0.489 e. The van der Waals surface area contributed by atoms with E-state index < -0.39 is 25.1 Å². The number of aliphatic hydroxyl groups is 2. The molecule has 10 nitrogen and oxygen atoms in total. The van der Waals surface area contributed by atoms with Gasteiger partial charge in [-0.3, -0.25) is 4.99 Å². The molecule has 0 spiro atoms. The Kier molecular flexibility index (Phi) is 8.88. The van der Waals surface area contributed by atoms with Crippen molar-refractivity contribution >= 4 is 11.5 Å². The number of benzene rings is 2. The number of aryl methyl sites for hydroxylation is 1. The minimum absolute atomic E-state index is 0.0569. The van der Waals surface area contributed by atoms with Crippen LogP contribution in [0.5, 0.6) is 17.2 Å². The summed E-state index contributed by atoms with van der Waals surface area (Å²) in [7, 11) is 0. The van der Waals surface area contributed by atoms with Gasteiger partial charge in [0.05, 0.1) is 25.0 Å². The first-order valence-electron chi connectivity index (χ1n) is 10.8.